The van der Waals surface area contributed by atoms with Gasteiger partial charge in [0.1, 0.15) is 0 Å². The van der Waals surface area contributed by atoms with Crippen LogP contribution in [-0.2, 0) is 11.4 Å². The fraction of sp³-hybridized carbons (Fsp3) is 0.300. The van der Waals surface area contributed by atoms with Crippen molar-refractivity contribution in [3.05, 3.63) is 33.9 Å². The van der Waals surface area contributed by atoms with Gasteiger partial charge in [0.2, 0.25) is 0 Å². The summed E-state index contributed by atoms with van der Waals surface area (Å²) >= 11 is 0. The normalized spacial score (nSPS) is 11.9. The van der Waals surface area contributed by atoms with Crippen LogP contribution < -0.4 is 10.5 Å². The molecule has 0 heterocycles. The van der Waals surface area contributed by atoms with Crippen molar-refractivity contribution in [3.8, 4) is 5.75 Å². The van der Waals surface area contributed by atoms with E-state index in [2.05, 4.69) is 0 Å². The van der Waals surface area contributed by atoms with E-state index in [1.54, 1.807) is 0 Å². The van der Waals surface area contributed by atoms with Gasteiger partial charge in [0.15, 0.2) is 11.9 Å². The predicted octanol–water partition coefficient (Wildman–Crippen LogP) is 0.340. The highest BCUT2D eigenvalue weighted by Crippen LogP contribution is 2.28. The molecule has 0 saturated carbocycles. The Morgan fingerprint density at radius 1 is 1.65 bits per heavy atom. The average molecular weight is 240 g/mol. The maximum absolute atomic E-state index is 10.8. The van der Waals surface area contributed by atoms with Crippen LogP contribution in [-0.4, -0.2) is 22.0 Å². The third-order valence-electron chi connectivity index (χ3n) is 2.11. The van der Waals surface area contributed by atoms with Gasteiger partial charge >= 0.3 is 5.69 Å². The van der Waals surface area contributed by atoms with Crippen LogP contribution >= 0.6 is 0 Å². The number of primary amides is 1. The van der Waals surface area contributed by atoms with Gasteiger partial charge in [-0.1, -0.05) is 0 Å². The second kappa shape index (κ2) is 5.26. The largest absolute Gasteiger partial charge is 0.474 e. The lowest BCUT2D eigenvalue weighted by molar-refractivity contribution is -0.386. The van der Waals surface area contributed by atoms with Crippen LogP contribution in [0.1, 0.15) is 12.5 Å². The van der Waals surface area contributed by atoms with E-state index in [-0.39, 0.29) is 18.0 Å². The molecule has 17 heavy (non-hydrogen) atoms. The quantitative estimate of drug-likeness (QED) is 0.568. The van der Waals surface area contributed by atoms with Crippen LogP contribution in [0.2, 0.25) is 0 Å². The van der Waals surface area contributed by atoms with Crippen LogP contribution in [0.15, 0.2) is 18.2 Å². The van der Waals surface area contributed by atoms with E-state index in [1.165, 1.54) is 25.1 Å². The molecule has 3 N–H and O–H groups in total. The van der Waals surface area contributed by atoms with Gasteiger partial charge in [-0.25, -0.2) is 0 Å². The average Bonchev–Trinajstić information content (AvgIpc) is 2.28. The summed E-state index contributed by atoms with van der Waals surface area (Å²) in [5, 5.41) is 19.6. The van der Waals surface area contributed by atoms with E-state index in [9.17, 15) is 14.9 Å². The van der Waals surface area contributed by atoms with Gasteiger partial charge in [-0.2, -0.15) is 0 Å². The zero-order valence-electron chi connectivity index (χ0n) is 9.12. The molecular weight excluding hydrogens is 228 g/mol. The standard InChI is InChI=1S/C10H12N2O5/c1-6(10(11)14)17-9-4-7(5-13)2-3-8(9)12(15)16/h2-4,6,13H,5H2,1H3,(H2,11,14). The minimum atomic E-state index is -0.984. The first-order valence-electron chi connectivity index (χ1n) is 4.80. The first-order valence-corrected chi connectivity index (χ1v) is 4.80. The monoisotopic (exact) mass is 240 g/mol. The molecule has 1 amide bonds. The van der Waals surface area contributed by atoms with Gasteiger partial charge in [0.05, 0.1) is 11.5 Å². The van der Waals surface area contributed by atoms with Crippen molar-refractivity contribution < 1.29 is 19.6 Å². The number of ether oxygens (including phenoxy) is 1. The molecule has 92 valence electrons. The van der Waals surface area contributed by atoms with Crippen molar-refractivity contribution >= 4 is 11.6 Å². The predicted molar refractivity (Wildman–Crippen MR) is 58.3 cm³/mol. The number of nitrogens with two attached hydrogens (primary N) is 1. The Kier molecular flexibility index (Phi) is 4.00. The van der Waals surface area contributed by atoms with E-state index >= 15 is 0 Å². The topological polar surface area (TPSA) is 116 Å². The molecular formula is C10H12N2O5. The van der Waals surface area contributed by atoms with Crippen molar-refractivity contribution in [1.82, 2.24) is 0 Å². The number of hydrogen-bond acceptors (Lipinski definition) is 5. The summed E-state index contributed by atoms with van der Waals surface area (Å²) in [5.74, 6) is -0.818. The lowest BCUT2D eigenvalue weighted by Crippen LogP contribution is -2.30. The Bertz CT molecular complexity index is 446. The second-order valence-corrected chi connectivity index (χ2v) is 3.38. The summed E-state index contributed by atoms with van der Waals surface area (Å²) in [6, 6.07) is 3.91. The first kappa shape index (κ1) is 12.9. The smallest absolute Gasteiger partial charge is 0.310 e. The van der Waals surface area contributed by atoms with Gasteiger partial charge in [0, 0.05) is 6.07 Å². The highest BCUT2D eigenvalue weighted by Gasteiger charge is 2.19. The fourth-order valence-electron chi connectivity index (χ4n) is 1.15. The number of carbonyl (C=O) groups excluding carboxylic acids is 1. The maximum atomic E-state index is 10.8. The Balaban J connectivity index is 3.09. The molecule has 1 aromatic carbocycles. The number of rotatable bonds is 5. The lowest BCUT2D eigenvalue weighted by Gasteiger charge is -2.11. The van der Waals surface area contributed by atoms with E-state index in [0.29, 0.717) is 5.56 Å². The molecule has 0 bridgehead atoms. The molecule has 0 spiro atoms. The Morgan fingerprint density at radius 2 is 2.29 bits per heavy atom. The highest BCUT2D eigenvalue weighted by molar-refractivity contribution is 5.78. The number of carbonyl (C=O) groups is 1. The van der Waals surface area contributed by atoms with Crippen LogP contribution in [0.25, 0.3) is 0 Å². The van der Waals surface area contributed by atoms with Crippen LogP contribution in [0.3, 0.4) is 0 Å². The Morgan fingerprint density at radius 3 is 2.76 bits per heavy atom. The number of amides is 1. The fourth-order valence-corrected chi connectivity index (χ4v) is 1.15. The molecule has 0 aromatic heterocycles. The number of benzene rings is 1. The third-order valence-corrected chi connectivity index (χ3v) is 2.11. The molecule has 1 unspecified atom stereocenters. The van der Waals surface area contributed by atoms with Gasteiger partial charge in [-0.15, -0.1) is 0 Å². The lowest BCUT2D eigenvalue weighted by atomic mass is 10.2. The van der Waals surface area contributed by atoms with E-state index in [4.69, 9.17) is 15.6 Å². The molecule has 0 aliphatic heterocycles. The molecule has 1 rings (SSSR count). The summed E-state index contributed by atoms with van der Waals surface area (Å²) in [5.41, 5.74) is 5.16. The zero-order chi connectivity index (χ0) is 13.0. The van der Waals surface area contributed by atoms with E-state index in [1.807, 2.05) is 0 Å². The van der Waals surface area contributed by atoms with Crippen molar-refractivity contribution in [3.63, 3.8) is 0 Å². The molecule has 0 aliphatic carbocycles. The molecule has 0 fully saturated rings. The summed E-state index contributed by atoms with van der Waals surface area (Å²) in [7, 11) is 0. The van der Waals surface area contributed by atoms with Gasteiger partial charge < -0.3 is 15.6 Å². The van der Waals surface area contributed by atoms with Gasteiger partial charge in [0.25, 0.3) is 5.91 Å². The van der Waals surface area contributed by atoms with E-state index < -0.39 is 16.9 Å². The van der Waals surface area contributed by atoms with Gasteiger partial charge in [-0.05, 0) is 24.6 Å². The van der Waals surface area contributed by atoms with Crippen molar-refractivity contribution in [1.29, 1.82) is 0 Å². The molecule has 0 saturated heterocycles. The summed E-state index contributed by atoms with van der Waals surface area (Å²) in [6.45, 7) is 1.11. The van der Waals surface area contributed by atoms with Crippen molar-refractivity contribution in [2.45, 2.75) is 19.6 Å². The Hall–Kier alpha value is -2.15. The molecule has 0 aliphatic rings. The van der Waals surface area contributed by atoms with Crippen molar-refractivity contribution in [2.75, 3.05) is 0 Å². The number of nitro benzene ring substituents is 1. The molecule has 1 aromatic rings. The summed E-state index contributed by atoms with van der Waals surface area (Å²) < 4.78 is 5.08. The number of aliphatic hydroxyl groups is 1. The molecule has 7 nitrogen and oxygen atoms in total. The number of nitro groups is 1. The van der Waals surface area contributed by atoms with E-state index in [0.717, 1.165) is 0 Å². The van der Waals surface area contributed by atoms with Crippen LogP contribution in [0.4, 0.5) is 5.69 Å². The Labute approximate surface area is 97.0 Å². The minimum absolute atomic E-state index is 0.0900. The van der Waals surface area contributed by atoms with Crippen LogP contribution in [0, 0.1) is 10.1 Å². The maximum Gasteiger partial charge on any atom is 0.310 e. The zero-order valence-corrected chi connectivity index (χ0v) is 9.12. The molecule has 0 radical (unpaired) electrons. The number of nitrogens with zero attached hydrogens (tertiary/aromatic N) is 1. The second-order valence-electron chi connectivity index (χ2n) is 3.38. The minimum Gasteiger partial charge on any atom is -0.474 e. The van der Waals surface area contributed by atoms with Crippen LogP contribution in [0.5, 0.6) is 5.75 Å². The summed E-state index contributed by atoms with van der Waals surface area (Å²) in [6.07, 6.45) is -0.984. The van der Waals surface area contributed by atoms with Crippen molar-refractivity contribution in [2.24, 2.45) is 5.73 Å². The number of aliphatic hydroxyl groups excluding tert-OH is 1. The molecule has 7 heteroatoms. The number of hydrogen-bond donors (Lipinski definition) is 2. The SMILES string of the molecule is CC(Oc1cc(CO)ccc1[N+](=O)[O-])C(N)=O. The first-order chi connectivity index (χ1) is 7.95. The highest BCUT2D eigenvalue weighted by atomic mass is 16.6. The third kappa shape index (κ3) is 3.15. The van der Waals surface area contributed by atoms with Gasteiger partial charge in [-0.3, -0.25) is 14.9 Å². The molecule has 1 atom stereocenters. The summed E-state index contributed by atoms with van der Waals surface area (Å²) in [4.78, 5) is 20.9.